The fourth-order valence-corrected chi connectivity index (χ4v) is 0.790. The maximum atomic E-state index is 10.9. The highest BCUT2D eigenvalue weighted by Crippen LogP contribution is 1.81. The number of urea groups is 1. The molecule has 0 aromatic heterocycles. The first kappa shape index (κ1) is 11.6. The fourth-order valence-electron chi connectivity index (χ4n) is 0.599. The smallest absolute Gasteiger partial charge is 0.315 e. The second kappa shape index (κ2) is 8.65. The monoisotopic (exact) mass is 280 g/mol. The van der Waals surface area contributed by atoms with Gasteiger partial charge in [0.2, 0.25) is 0 Å². The molecule has 4 heteroatoms. The van der Waals surface area contributed by atoms with E-state index < -0.39 is 0 Å². The molecule has 0 heterocycles. The van der Waals surface area contributed by atoms with Crippen molar-refractivity contribution in [2.45, 2.75) is 19.8 Å². The Hall–Kier alpha value is -0.440. The lowest BCUT2D eigenvalue weighted by Gasteiger charge is -2.02. The zero-order valence-corrected chi connectivity index (χ0v) is 9.27. The van der Waals surface area contributed by atoms with Crippen LogP contribution in [0.2, 0.25) is 0 Å². The van der Waals surface area contributed by atoms with E-state index in [0.717, 1.165) is 19.4 Å². The van der Waals surface area contributed by atoms with Crippen LogP contribution in [0.15, 0.2) is 0 Å². The minimum atomic E-state index is -0.136. The van der Waals surface area contributed by atoms with Crippen LogP contribution in [0.1, 0.15) is 19.8 Å². The molecule has 0 radical (unpaired) electrons. The van der Waals surface area contributed by atoms with Crippen LogP contribution in [0.4, 0.5) is 4.79 Å². The van der Waals surface area contributed by atoms with Gasteiger partial charge in [-0.2, -0.15) is 0 Å². The molecule has 0 bridgehead atoms. The van der Waals surface area contributed by atoms with Crippen LogP contribution >= 0.6 is 22.6 Å². The molecule has 0 spiro atoms. The minimum Gasteiger partial charge on any atom is -0.338 e. The quantitative estimate of drug-likeness (QED) is 0.457. The van der Waals surface area contributed by atoms with Crippen LogP contribution in [0.25, 0.3) is 0 Å². The van der Waals surface area contributed by atoms with Crippen molar-refractivity contribution in [3.05, 3.63) is 0 Å². The summed E-state index contributed by atoms with van der Waals surface area (Å²) in [6, 6.07) is -0.136. The second-order valence-electron chi connectivity index (χ2n) is 2.23. The Balaban J connectivity index is 3.25. The number of unbranched alkanes of at least 4 members (excludes halogenated alkanes) is 1. The zero-order chi connectivity index (χ0) is 9.23. The molecule has 12 heavy (non-hydrogen) atoms. The van der Waals surface area contributed by atoms with Gasteiger partial charge in [0.05, 0.1) is 6.54 Å². The average molecular weight is 280 g/mol. The molecule has 68 valence electrons. The van der Waals surface area contributed by atoms with Gasteiger partial charge in [-0.25, -0.2) is 4.79 Å². The van der Waals surface area contributed by atoms with E-state index in [9.17, 15) is 4.79 Å². The second-order valence-corrected chi connectivity index (χ2v) is 2.77. The van der Waals surface area contributed by atoms with Crippen LogP contribution in [-0.4, -0.2) is 19.1 Å². The van der Waals surface area contributed by atoms with Crippen LogP contribution in [0, 0.1) is 9.85 Å². The van der Waals surface area contributed by atoms with Crippen molar-refractivity contribution in [3.8, 4) is 9.85 Å². The number of nitrogens with one attached hydrogen (secondary N) is 2. The number of carbonyl (C=O) groups excluding carboxylic acids is 1. The summed E-state index contributed by atoms with van der Waals surface area (Å²) in [6.45, 7) is 3.24. The molecule has 3 nitrogen and oxygen atoms in total. The third kappa shape index (κ3) is 7.66. The average Bonchev–Trinajstić information content (AvgIpc) is 2.06. The van der Waals surface area contributed by atoms with E-state index in [-0.39, 0.29) is 6.03 Å². The van der Waals surface area contributed by atoms with E-state index in [0.29, 0.717) is 6.54 Å². The summed E-state index contributed by atoms with van der Waals surface area (Å²) >= 11 is 1.94. The summed E-state index contributed by atoms with van der Waals surface area (Å²) in [7, 11) is 0. The Morgan fingerprint density at radius 1 is 1.50 bits per heavy atom. The molecular formula is C8H13IN2O. The molecule has 0 saturated carbocycles. The highest BCUT2D eigenvalue weighted by Gasteiger charge is 1.94. The summed E-state index contributed by atoms with van der Waals surface area (Å²) in [5.74, 6) is 2.73. The van der Waals surface area contributed by atoms with Gasteiger partial charge in [-0.05, 0) is 10.3 Å². The van der Waals surface area contributed by atoms with E-state index in [4.69, 9.17) is 0 Å². The van der Waals surface area contributed by atoms with E-state index in [1.165, 1.54) is 0 Å². The fraction of sp³-hybridized carbons (Fsp3) is 0.625. The minimum absolute atomic E-state index is 0.136. The Morgan fingerprint density at radius 3 is 2.83 bits per heavy atom. The highest BCUT2D eigenvalue weighted by atomic mass is 127. The van der Waals surface area contributed by atoms with Crippen molar-refractivity contribution in [3.63, 3.8) is 0 Å². The van der Waals surface area contributed by atoms with Crippen molar-refractivity contribution < 1.29 is 4.79 Å². The molecule has 0 unspecified atom stereocenters. The topological polar surface area (TPSA) is 41.1 Å². The lowest BCUT2D eigenvalue weighted by Crippen LogP contribution is -2.36. The summed E-state index contributed by atoms with van der Waals surface area (Å²) in [6.07, 6.45) is 2.11. The standard InChI is InChI=1S/C8H13IN2O/c1-2-3-6-10-8(12)11-7-4-5-9/h2-3,6-7H2,1H3,(H2,10,11,12). The van der Waals surface area contributed by atoms with Gasteiger partial charge in [0.1, 0.15) is 0 Å². The van der Waals surface area contributed by atoms with Gasteiger partial charge in [-0.3, -0.25) is 0 Å². The summed E-state index contributed by atoms with van der Waals surface area (Å²) in [5.41, 5.74) is 0. The maximum absolute atomic E-state index is 10.9. The number of rotatable bonds is 4. The van der Waals surface area contributed by atoms with Gasteiger partial charge in [-0.1, -0.05) is 19.3 Å². The molecule has 0 aromatic rings. The summed E-state index contributed by atoms with van der Waals surface area (Å²) in [4.78, 5) is 10.9. The number of hydrogen-bond acceptors (Lipinski definition) is 1. The van der Waals surface area contributed by atoms with Crippen molar-refractivity contribution in [2.24, 2.45) is 0 Å². The Bertz CT molecular complexity index is 183. The summed E-state index contributed by atoms with van der Waals surface area (Å²) in [5, 5.41) is 5.34. The highest BCUT2D eigenvalue weighted by molar-refractivity contribution is 14.1. The molecular weight excluding hydrogens is 267 g/mol. The van der Waals surface area contributed by atoms with Gasteiger partial charge in [0, 0.05) is 29.1 Å². The SMILES string of the molecule is CCCCNC(=O)NCC#CI. The van der Waals surface area contributed by atoms with Crippen molar-refractivity contribution in [1.29, 1.82) is 0 Å². The van der Waals surface area contributed by atoms with Gasteiger partial charge in [0.15, 0.2) is 0 Å². The lowest BCUT2D eigenvalue weighted by molar-refractivity contribution is 0.242. The first-order valence-electron chi connectivity index (χ1n) is 3.91. The molecule has 0 saturated heterocycles. The summed E-state index contributed by atoms with van der Waals surface area (Å²) < 4.78 is 2.67. The molecule has 0 fully saturated rings. The van der Waals surface area contributed by atoms with Crippen LogP contribution in [-0.2, 0) is 0 Å². The third-order valence-electron chi connectivity index (χ3n) is 1.22. The van der Waals surface area contributed by atoms with E-state index >= 15 is 0 Å². The predicted molar refractivity (Wildman–Crippen MR) is 58.1 cm³/mol. The van der Waals surface area contributed by atoms with Crippen LogP contribution in [0.3, 0.4) is 0 Å². The molecule has 0 aliphatic heterocycles. The number of amides is 2. The number of carbonyl (C=O) groups is 1. The van der Waals surface area contributed by atoms with Crippen LogP contribution < -0.4 is 10.6 Å². The molecule has 0 aromatic carbocycles. The molecule has 2 amide bonds. The van der Waals surface area contributed by atoms with Gasteiger partial charge in [0.25, 0.3) is 0 Å². The third-order valence-corrected chi connectivity index (χ3v) is 1.60. The van der Waals surface area contributed by atoms with E-state index in [1.807, 2.05) is 22.6 Å². The number of halogens is 1. The van der Waals surface area contributed by atoms with Gasteiger partial charge in [-0.15, -0.1) is 0 Å². The maximum Gasteiger partial charge on any atom is 0.315 e. The zero-order valence-electron chi connectivity index (χ0n) is 7.11. The molecule has 0 aliphatic carbocycles. The normalized spacial score (nSPS) is 8.17. The Labute approximate surface area is 86.8 Å². The molecule has 0 atom stereocenters. The van der Waals surface area contributed by atoms with E-state index in [1.54, 1.807) is 0 Å². The first-order valence-corrected chi connectivity index (χ1v) is 4.99. The Kier molecular flexibility index (Phi) is 8.34. The van der Waals surface area contributed by atoms with E-state index in [2.05, 4.69) is 27.4 Å². The molecule has 2 N–H and O–H groups in total. The van der Waals surface area contributed by atoms with Gasteiger partial charge < -0.3 is 10.6 Å². The number of hydrogen-bond donors (Lipinski definition) is 2. The van der Waals surface area contributed by atoms with Crippen molar-refractivity contribution in [1.82, 2.24) is 10.6 Å². The van der Waals surface area contributed by atoms with Crippen LogP contribution in [0.5, 0.6) is 0 Å². The molecule has 0 rings (SSSR count). The first-order chi connectivity index (χ1) is 5.81. The predicted octanol–water partition coefficient (Wildman–Crippen LogP) is 1.48. The Morgan fingerprint density at radius 2 is 2.25 bits per heavy atom. The van der Waals surface area contributed by atoms with Crippen molar-refractivity contribution >= 4 is 28.6 Å². The van der Waals surface area contributed by atoms with Crippen molar-refractivity contribution in [2.75, 3.05) is 13.1 Å². The largest absolute Gasteiger partial charge is 0.338 e. The lowest BCUT2D eigenvalue weighted by atomic mass is 10.3. The molecule has 0 aliphatic rings. The van der Waals surface area contributed by atoms with Gasteiger partial charge >= 0.3 is 6.03 Å².